The monoisotopic (exact) mass is 232 g/mol. The van der Waals surface area contributed by atoms with Crippen molar-refractivity contribution < 1.29 is 4.79 Å². The van der Waals surface area contributed by atoms with Crippen LogP contribution in [-0.4, -0.2) is 22.9 Å². The Balaban J connectivity index is 2.24. The molecule has 2 rings (SSSR count). The summed E-state index contributed by atoms with van der Waals surface area (Å²) in [5.41, 5.74) is 7.07. The lowest BCUT2D eigenvalue weighted by Gasteiger charge is -2.39. The first-order valence-corrected chi connectivity index (χ1v) is 6.28. The maximum absolute atomic E-state index is 12.4. The second-order valence-corrected chi connectivity index (χ2v) is 4.97. The minimum atomic E-state index is 0.108. The molecule has 0 saturated carbocycles. The molecule has 1 aliphatic rings. The van der Waals surface area contributed by atoms with Gasteiger partial charge in [-0.15, -0.1) is 0 Å². The number of nitrogens with zero attached hydrogens (tertiary/aromatic N) is 1. The van der Waals surface area contributed by atoms with Crippen LogP contribution in [0.1, 0.15) is 43.5 Å². The SMILES string of the molecule is C[C@H]1CCC[C@H](C)N1C(=O)c1cccc(N)c1. The van der Waals surface area contributed by atoms with Crippen molar-refractivity contribution in [3.63, 3.8) is 0 Å². The molecule has 3 nitrogen and oxygen atoms in total. The second kappa shape index (κ2) is 4.78. The van der Waals surface area contributed by atoms with E-state index in [1.807, 2.05) is 17.0 Å². The van der Waals surface area contributed by atoms with Crippen LogP contribution in [0.15, 0.2) is 24.3 Å². The summed E-state index contributed by atoms with van der Waals surface area (Å²) >= 11 is 0. The van der Waals surface area contributed by atoms with Crippen LogP contribution in [-0.2, 0) is 0 Å². The summed E-state index contributed by atoms with van der Waals surface area (Å²) in [6, 6.07) is 7.89. The maximum atomic E-state index is 12.4. The van der Waals surface area contributed by atoms with Crippen LogP contribution in [0, 0.1) is 0 Å². The minimum Gasteiger partial charge on any atom is -0.399 e. The first-order chi connectivity index (χ1) is 8.09. The van der Waals surface area contributed by atoms with Gasteiger partial charge in [-0.05, 0) is 51.3 Å². The van der Waals surface area contributed by atoms with Gasteiger partial charge in [-0.25, -0.2) is 0 Å². The van der Waals surface area contributed by atoms with Crippen LogP contribution in [0.5, 0.6) is 0 Å². The normalized spacial score (nSPS) is 24.7. The maximum Gasteiger partial charge on any atom is 0.254 e. The average molecular weight is 232 g/mol. The molecule has 1 aromatic rings. The highest BCUT2D eigenvalue weighted by Crippen LogP contribution is 2.24. The van der Waals surface area contributed by atoms with Gasteiger partial charge in [-0.3, -0.25) is 4.79 Å². The van der Waals surface area contributed by atoms with Crippen molar-refractivity contribution in [2.75, 3.05) is 5.73 Å². The Morgan fingerprint density at radius 2 is 1.94 bits per heavy atom. The lowest BCUT2D eigenvalue weighted by molar-refractivity contribution is 0.0511. The van der Waals surface area contributed by atoms with E-state index in [-0.39, 0.29) is 5.91 Å². The molecule has 0 radical (unpaired) electrons. The Morgan fingerprint density at radius 3 is 2.53 bits per heavy atom. The van der Waals surface area contributed by atoms with Gasteiger partial charge < -0.3 is 10.6 Å². The number of carbonyl (C=O) groups excluding carboxylic acids is 1. The fourth-order valence-electron chi connectivity index (χ4n) is 2.64. The van der Waals surface area contributed by atoms with Crippen molar-refractivity contribution in [3.05, 3.63) is 29.8 Å². The number of carbonyl (C=O) groups is 1. The van der Waals surface area contributed by atoms with E-state index in [4.69, 9.17) is 5.73 Å². The molecular weight excluding hydrogens is 212 g/mol. The van der Waals surface area contributed by atoms with E-state index in [2.05, 4.69) is 13.8 Å². The third-order valence-electron chi connectivity index (χ3n) is 3.56. The number of anilines is 1. The molecule has 92 valence electrons. The van der Waals surface area contributed by atoms with Gasteiger partial charge in [0.15, 0.2) is 0 Å². The predicted octanol–water partition coefficient (Wildman–Crippen LogP) is 2.67. The van der Waals surface area contributed by atoms with Crippen LogP contribution in [0.4, 0.5) is 5.69 Å². The lowest BCUT2D eigenvalue weighted by Crippen LogP contribution is -2.47. The number of hydrogen-bond donors (Lipinski definition) is 1. The number of hydrogen-bond acceptors (Lipinski definition) is 2. The number of amides is 1. The molecular formula is C14H20N2O. The van der Waals surface area contributed by atoms with Crippen LogP contribution < -0.4 is 5.73 Å². The molecule has 2 atom stereocenters. The van der Waals surface area contributed by atoms with E-state index < -0.39 is 0 Å². The highest BCUT2D eigenvalue weighted by Gasteiger charge is 2.29. The summed E-state index contributed by atoms with van der Waals surface area (Å²) in [4.78, 5) is 14.4. The van der Waals surface area contributed by atoms with Crippen molar-refractivity contribution in [1.82, 2.24) is 4.90 Å². The average Bonchev–Trinajstić information content (AvgIpc) is 2.28. The smallest absolute Gasteiger partial charge is 0.254 e. The van der Waals surface area contributed by atoms with Gasteiger partial charge in [0.1, 0.15) is 0 Å². The predicted molar refractivity (Wildman–Crippen MR) is 69.8 cm³/mol. The fraction of sp³-hybridized carbons (Fsp3) is 0.500. The van der Waals surface area contributed by atoms with E-state index in [1.54, 1.807) is 12.1 Å². The molecule has 0 unspecified atom stereocenters. The molecule has 1 fully saturated rings. The van der Waals surface area contributed by atoms with Crippen LogP contribution >= 0.6 is 0 Å². The zero-order valence-corrected chi connectivity index (χ0v) is 10.5. The molecule has 0 bridgehead atoms. The highest BCUT2D eigenvalue weighted by molar-refractivity contribution is 5.95. The largest absolute Gasteiger partial charge is 0.399 e. The first-order valence-electron chi connectivity index (χ1n) is 6.28. The van der Waals surface area contributed by atoms with E-state index >= 15 is 0 Å². The van der Waals surface area contributed by atoms with Crippen molar-refractivity contribution >= 4 is 11.6 Å². The molecule has 1 saturated heterocycles. The fourth-order valence-corrected chi connectivity index (χ4v) is 2.64. The minimum absolute atomic E-state index is 0.108. The van der Waals surface area contributed by atoms with Gasteiger partial charge in [0.05, 0.1) is 0 Å². The van der Waals surface area contributed by atoms with Crippen molar-refractivity contribution in [2.24, 2.45) is 0 Å². The van der Waals surface area contributed by atoms with E-state index in [0.29, 0.717) is 23.3 Å². The molecule has 3 heteroatoms. The van der Waals surface area contributed by atoms with Gasteiger partial charge >= 0.3 is 0 Å². The van der Waals surface area contributed by atoms with E-state index in [0.717, 1.165) is 12.8 Å². The second-order valence-electron chi connectivity index (χ2n) is 4.97. The van der Waals surface area contributed by atoms with Crippen LogP contribution in [0.2, 0.25) is 0 Å². The third kappa shape index (κ3) is 2.43. The van der Waals surface area contributed by atoms with E-state index in [1.165, 1.54) is 6.42 Å². The molecule has 0 aromatic heterocycles. The van der Waals surface area contributed by atoms with Crippen LogP contribution in [0.3, 0.4) is 0 Å². The van der Waals surface area contributed by atoms with Gasteiger partial charge in [0.2, 0.25) is 0 Å². The Kier molecular flexibility index (Phi) is 3.36. The summed E-state index contributed by atoms with van der Waals surface area (Å²) in [6.45, 7) is 4.25. The Bertz CT molecular complexity index is 406. The molecule has 0 aliphatic carbocycles. The molecule has 2 N–H and O–H groups in total. The number of rotatable bonds is 1. The summed E-state index contributed by atoms with van der Waals surface area (Å²) < 4.78 is 0. The van der Waals surface area contributed by atoms with Gasteiger partial charge in [0.25, 0.3) is 5.91 Å². The number of likely N-dealkylation sites (tertiary alicyclic amines) is 1. The molecule has 17 heavy (non-hydrogen) atoms. The van der Waals surface area contributed by atoms with Crippen LogP contribution in [0.25, 0.3) is 0 Å². The molecule has 1 heterocycles. The standard InChI is InChI=1S/C14H20N2O/c1-10-5-3-6-11(2)16(10)14(17)12-7-4-8-13(15)9-12/h4,7-11H,3,5-6,15H2,1-2H3/t10-,11-/m0/s1. The lowest BCUT2D eigenvalue weighted by atomic mass is 9.96. The quantitative estimate of drug-likeness (QED) is 0.757. The van der Waals surface area contributed by atoms with Crippen molar-refractivity contribution in [2.45, 2.75) is 45.2 Å². The molecule has 0 spiro atoms. The van der Waals surface area contributed by atoms with Crippen molar-refractivity contribution in [1.29, 1.82) is 0 Å². The Morgan fingerprint density at radius 1 is 1.29 bits per heavy atom. The molecule has 1 aromatic carbocycles. The number of nitrogens with two attached hydrogens (primary N) is 1. The summed E-state index contributed by atoms with van der Waals surface area (Å²) in [5, 5.41) is 0. The molecule has 1 amide bonds. The Hall–Kier alpha value is -1.51. The number of piperidine rings is 1. The van der Waals surface area contributed by atoms with Gasteiger partial charge in [-0.2, -0.15) is 0 Å². The highest BCUT2D eigenvalue weighted by atomic mass is 16.2. The van der Waals surface area contributed by atoms with Gasteiger partial charge in [-0.1, -0.05) is 6.07 Å². The zero-order chi connectivity index (χ0) is 12.4. The zero-order valence-electron chi connectivity index (χ0n) is 10.5. The number of nitrogen functional groups attached to an aromatic ring is 1. The third-order valence-corrected chi connectivity index (χ3v) is 3.56. The summed E-state index contributed by atoms with van der Waals surface area (Å²) in [7, 11) is 0. The Labute approximate surface area is 103 Å². The first kappa shape index (κ1) is 12.0. The topological polar surface area (TPSA) is 46.3 Å². The summed E-state index contributed by atoms with van der Waals surface area (Å²) in [5.74, 6) is 0.108. The van der Waals surface area contributed by atoms with E-state index in [9.17, 15) is 4.79 Å². The molecule has 1 aliphatic heterocycles. The number of benzene rings is 1. The van der Waals surface area contributed by atoms with Crippen molar-refractivity contribution in [3.8, 4) is 0 Å². The summed E-state index contributed by atoms with van der Waals surface area (Å²) in [6.07, 6.45) is 3.40. The van der Waals surface area contributed by atoms with Gasteiger partial charge in [0, 0.05) is 23.3 Å².